The maximum atomic E-state index is 5.36. The second-order valence-corrected chi connectivity index (χ2v) is 5.31. The molecule has 0 radical (unpaired) electrons. The maximum absolute atomic E-state index is 5.36. The van der Waals surface area contributed by atoms with Gasteiger partial charge in [-0.3, -0.25) is 0 Å². The largest absolute Gasteiger partial charge is 0.385 e. The molecule has 1 aliphatic heterocycles. The third kappa shape index (κ3) is 3.22. The van der Waals surface area contributed by atoms with Gasteiger partial charge in [0.05, 0.1) is 0 Å². The van der Waals surface area contributed by atoms with Gasteiger partial charge in [-0.15, -0.1) is 0 Å². The lowest BCUT2D eigenvalue weighted by molar-refractivity contribution is 0.0699. The van der Waals surface area contributed by atoms with Crippen LogP contribution in [0.4, 0.5) is 5.69 Å². The molecule has 0 amide bonds. The van der Waals surface area contributed by atoms with Crippen LogP contribution in [-0.2, 0) is 4.74 Å². The molecule has 0 spiro atoms. The Morgan fingerprint density at radius 2 is 2.12 bits per heavy atom. The van der Waals surface area contributed by atoms with E-state index >= 15 is 0 Å². The molecule has 0 bridgehead atoms. The summed E-state index contributed by atoms with van der Waals surface area (Å²) < 4.78 is 6.49. The van der Waals surface area contributed by atoms with Crippen molar-refractivity contribution in [3.63, 3.8) is 0 Å². The van der Waals surface area contributed by atoms with Gasteiger partial charge in [0.25, 0.3) is 0 Å². The summed E-state index contributed by atoms with van der Waals surface area (Å²) in [6, 6.07) is 6.36. The molecule has 1 N–H and O–H groups in total. The molecule has 1 aliphatic rings. The van der Waals surface area contributed by atoms with Crippen LogP contribution < -0.4 is 5.32 Å². The zero-order valence-corrected chi connectivity index (χ0v) is 11.2. The van der Waals surface area contributed by atoms with Crippen molar-refractivity contribution >= 4 is 21.6 Å². The van der Waals surface area contributed by atoms with E-state index in [4.69, 9.17) is 4.74 Å². The molecule has 1 fully saturated rings. The van der Waals surface area contributed by atoms with Crippen molar-refractivity contribution in [2.75, 3.05) is 25.1 Å². The van der Waals surface area contributed by atoms with E-state index in [-0.39, 0.29) is 0 Å². The fraction of sp³-hybridized carbons (Fsp3) is 0.538. The molecule has 2 rings (SSSR count). The average molecular weight is 284 g/mol. The number of hydrogen-bond donors (Lipinski definition) is 1. The summed E-state index contributed by atoms with van der Waals surface area (Å²) in [5.41, 5.74) is 2.54. The molecule has 0 unspecified atom stereocenters. The van der Waals surface area contributed by atoms with Crippen LogP contribution in [0.2, 0.25) is 0 Å². The number of benzene rings is 1. The molecule has 0 aliphatic carbocycles. The minimum absolute atomic E-state index is 0.757. The topological polar surface area (TPSA) is 21.3 Å². The number of halogens is 1. The van der Waals surface area contributed by atoms with E-state index in [2.05, 4.69) is 46.4 Å². The predicted octanol–water partition coefficient (Wildman–Crippen LogP) is 3.60. The first-order valence-corrected chi connectivity index (χ1v) is 6.63. The van der Waals surface area contributed by atoms with E-state index < -0.39 is 0 Å². The minimum Gasteiger partial charge on any atom is -0.385 e. The van der Waals surface area contributed by atoms with Gasteiger partial charge < -0.3 is 10.1 Å². The van der Waals surface area contributed by atoms with Gasteiger partial charge in [-0.05, 0) is 43.4 Å². The Kier molecular flexibility index (Phi) is 4.24. The summed E-state index contributed by atoms with van der Waals surface area (Å²) >= 11 is 3.50. The van der Waals surface area contributed by atoms with Gasteiger partial charge in [0.1, 0.15) is 0 Å². The molecule has 0 atom stereocenters. The monoisotopic (exact) mass is 283 g/mol. The Morgan fingerprint density at radius 3 is 2.88 bits per heavy atom. The molecular formula is C13H18BrNO. The van der Waals surface area contributed by atoms with E-state index in [1.165, 1.54) is 24.1 Å². The van der Waals surface area contributed by atoms with Gasteiger partial charge >= 0.3 is 0 Å². The van der Waals surface area contributed by atoms with Crippen LogP contribution in [0.3, 0.4) is 0 Å². The molecular weight excluding hydrogens is 266 g/mol. The number of aryl methyl sites for hydroxylation is 1. The van der Waals surface area contributed by atoms with Crippen LogP contribution in [0.15, 0.2) is 22.7 Å². The van der Waals surface area contributed by atoms with Crippen molar-refractivity contribution < 1.29 is 4.74 Å². The first-order chi connectivity index (χ1) is 7.75. The van der Waals surface area contributed by atoms with Gasteiger partial charge in [-0.25, -0.2) is 0 Å². The van der Waals surface area contributed by atoms with E-state index in [1.807, 2.05) is 0 Å². The molecule has 0 aromatic heterocycles. The molecule has 16 heavy (non-hydrogen) atoms. The Morgan fingerprint density at radius 1 is 1.38 bits per heavy atom. The van der Waals surface area contributed by atoms with Crippen molar-refractivity contribution in [1.82, 2.24) is 0 Å². The highest BCUT2D eigenvalue weighted by Crippen LogP contribution is 2.22. The number of ether oxygens (including phenoxy) is 1. The summed E-state index contributed by atoms with van der Waals surface area (Å²) in [6.07, 6.45) is 2.36. The van der Waals surface area contributed by atoms with Crippen LogP contribution in [0.1, 0.15) is 18.4 Å². The third-order valence-corrected chi connectivity index (χ3v) is 3.61. The van der Waals surface area contributed by atoms with Crippen LogP contribution in [-0.4, -0.2) is 19.8 Å². The first kappa shape index (κ1) is 11.9. The maximum Gasteiger partial charge on any atom is 0.0469 e. The Hall–Kier alpha value is -0.540. The first-order valence-electron chi connectivity index (χ1n) is 5.83. The Labute approximate surface area is 106 Å². The number of rotatable bonds is 3. The van der Waals surface area contributed by atoms with Crippen LogP contribution in [0.5, 0.6) is 0 Å². The summed E-state index contributed by atoms with van der Waals surface area (Å²) in [5.74, 6) is 0.757. The van der Waals surface area contributed by atoms with E-state index in [0.29, 0.717) is 0 Å². The fourth-order valence-electron chi connectivity index (χ4n) is 1.99. The molecule has 3 heteroatoms. The summed E-state index contributed by atoms with van der Waals surface area (Å²) in [6.45, 7) is 5.03. The van der Waals surface area contributed by atoms with Gasteiger partial charge in [-0.1, -0.05) is 22.0 Å². The van der Waals surface area contributed by atoms with Gasteiger partial charge in [0.15, 0.2) is 0 Å². The van der Waals surface area contributed by atoms with Crippen molar-refractivity contribution in [2.45, 2.75) is 19.8 Å². The van der Waals surface area contributed by atoms with Gasteiger partial charge in [0.2, 0.25) is 0 Å². The van der Waals surface area contributed by atoms with Crippen LogP contribution in [0.25, 0.3) is 0 Å². The van der Waals surface area contributed by atoms with Crippen molar-refractivity contribution in [2.24, 2.45) is 5.92 Å². The molecule has 1 saturated heterocycles. The number of hydrogen-bond acceptors (Lipinski definition) is 2. The lowest BCUT2D eigenvalue weighted by Crippen LogP contribution is -2.22. The predicted molar refractivity (Wildman–Crippen MR) is 70.9 cm³/mol. The average Bonchev–Trinajstić information content (AvgIpc) is 2.32. The molecule has 0 saturated carbocycles. The zero-order chi connectivity index (χ0) is 11.4. The van der Waals surface area contributed by atoms with Gasteiger partial charge in [-0.2, -0.15) is 0 Å². The third-order valence-electron chi connectivity index (χ3n) is 3.12. The highest BCUT2D eigenvalue weighted by molar-refractivity contribution is 9.10. The number of anilines is 1. The number of nitrogens with one attached hydrogen (secondary N) is 1. The minimum atomic E-state index is 0.757. The molecule has 1 heterocycles. The van der Waals surface area contributed by atoms with Crippen molar-refractivity contribution in [1.29, 1.82) is 0 Å². The summed E-state index contributed by atoms with van der Waals surface area (Å²) in [4.78, 5) is 0. The lowest BCUT2D eigenvalue weighted by Gasteiger charge is -2.23. The van der Waals surface area contributed by atoms with E-state index in [9.17, 15) is 0 Å². The second-order valence-electron chi connectivity index (χ2n) is 4.40. The fourth-order valence-corrected chi connectivity index (χ4v) is 2.35. The van der Waals surface area contributed by atoms with Gasteiger partial charge in [0, 0.05) is 29.9 Å². The van der Waals surface area contributed by atoms with Crippen molar-refractivity contribution in [3.8, 4) is 0 Å². The Bertz CT molecular complexity index is 348. The van der Waals surface area contributed by atoms with Crippen molar-refractivity contribution in [3.05, 3.63) is 28.2 Å². The molecule has 1 aromatic rings. The Balaban J connectivity index is 1.90. The summed E-state index contributed by atoms with van der Waals surface area (Å²) in [5, 5.41) is 3.54. The SMILES string of the molecule is Cc1ccc(Br)cc1NCC1CCOCC1. The van der Waals surface area contributed by atoms with E-state index in [0.717, 1.165) is 30.1 Å². The normalized spacial score (nSPS) is 17.4. The van der Waals surface area contributed by atoms with Crippen LogP contribution in [0, 0.1) is 12.8 Å². The zero-order valence-electron chi connectivity index (χ0n) is 9.63. The standard InChI is InChI=1S/C13H18BrNO/c1-10-2-3-12(14)8-13(10)15-9-11-4-6-16-7-5-11/h2-3,8,11,15H,4-7,9H2,1H3. The molecule has 1 aromatic carbocycles. The lowest BCUT2D eigenvalue weighted by atomic mass is 10.0. The molecule has 2 nitrogen and oxygen atoms in total. The summed E-state index contributed by atoms with van der Waals surface area (Å²) in [7, 11) is 0. The molecule has 88 valence electrons. The van der Waals surface area contributed by atoms with Crippen LogP contribution >= 0.6 is 15.9 Å². The smallest absolute Gasteiger partial charge is 0.0469 e. The second kappa shape index (κ2) is 5.69. The highest BCUT2D eigenvalue weighted by atomic mass is 79.9. The quantitative estimate of drug-likeness (QED) is 0.915. The van der Waals surface area contributed by atoms with E-state index in [1.54, 1.807) is 0 Å². The highest BCUT2D eigenvalue weighted by Gasteiger charge is 2.13.